The Morgan fingerprint density at radius 3 is 2.29 bits per heavy atom. The van der Waals surface area contributed by atoms with Crippen molar-refractivity contribution in [1.82, 2.24) is 24.4 Å². The maximum absolute atomic E-state index is 13.1. The molecule has 1 saturated carbocycles. The lowest BCUT2D eigenvalue weighted by Crippen LogP contribution is -2.37. The summed E-state index contributed by atoms with van der Waals surface area (Å²) in [6, 6.07) is 7.21. The first-order valence-electron chi connectivity index (χ1n) is 12.4. The van der Waals surface area contributed by atoms with Gasteiger partial charge in [-0.05, 0) is 56.9 Å². The monoisotopic (exact) mass is 505 g/mol. The van der Waals surface area contributed by atoms with Crippen LogP contribution in [-0.2, 0) is 21.4 Å². The van der Waals surface area contributed by atoms with Gasteiger partial charge in [-0.25, -0.2) is 8.42 Å². The van der Waals surface area contributed by atoms with Gasteiger partial charge in [0.25, 0.3) is 0 Å². The Balaban J connectivity index is 1.42. The van der Waals surface area contributed by atoms with E-state index in [1.165, 1.54) is 31.0 Å². The van der Waals surface area contributed by atoms with Crippen LogP contribution in [0.1, 0.15) is 64.7 Å². The molecule has 2 heterocycles. The molecule has 0 radical (unpaired) electrons. The van der Waals surface area contributed by atoms with E-state index >= 15 is 0 Å². The van der Waals surface area contributed by atoms with E-state index in [4.69, 9.17) is 0 Å². The number of carbonyl (C=O) groups is 1. The first-order valence-corrected chi connectivity index (χ1v) is 14.9. The van der Waals surface area contributed by atoms with E-state index in [1.807, 2.05) is 11.5 Å². The lowest BCUT2D eigenvalue weighted by Gasteiger charge is -2.22. The third-order valence-electron chi connectivity index (χ3n) is 6.65. The van der Waals surface area contributed by atoms with Gasteiger partial charge in [0, 0.05) is 31.2 Å². The Kier molecular flexibility index (Phi) is 8.65. The highest BCUT2D eigenvalue weighted by Crippen LogP contribution is 2.27. The number of thioether (sulfide) groups is 1. The third-order valence-corrected chi connectivity index (χ3v) is 9.53. The van der Waals surface area contributed by atoms with Crippen molar-refractivity contribution in [3.63, 3.8) is 0 Å². The molecule has 8 nitrogen and oxygen atoms in total. The summed E-state index contributed by atoms with van der Waals surface area (Å²) in [5, 5.41) is 12.5. The molecule has 10 heteroatoms. The molecule has 0 bridgehead atoms. The Bertz CT molecular complexity index is 1050. The van der Waals surface area contributed by atoms with E-state index in [0.717, 1.165) is 44.1 Å². The van der Waals surface area contributed by atoms with Crippen LogP contribution < -0.4 is 5.32 Å². The van der Waals surface area contributed by atoms with Gasteiger partial charge in [0.1, 0.15) is 0 Å². The Hall–Kier alpha value is -1.91. The number of aromatic nitrogens is 3. The standard InChI is InChI=1S/C24H35N5O3S2/c1-2-29-23(26-27-24(29)33-18-22(30)25-20-10-6-5-7-11-20)19-12-14-21(15-13-19)34(31,32)28-16-8-3-4-9-17-28/h12-15,20H,2-11,16-18H2,1H3,(H,25,30). The van der Waals surface area contributed by atoms with Crippen LogP contribution in [0.15, 0.2) is 34.3 Å². The number of hydrogen-bond acceptors (Lipinski definition) is 6. The average Bonchev–Trinajstić information content (AvgIpc) is 3.05. The minimum atomic E-state index is -3.48. The maximum Gasteiger partial charge on any atom is 0.243 e. The molecule has 1 amide bonds. The molecule has 34 heavy (non-hydrogen) atoms. The van der Waals surface area contributed by atoms with E-state index in [2.05, 4.69) is 15.5 Å². The number of rotatable bonds is 8. The van der Waals surface area contributed by atoms with Gasteiger partial charge in [0.05, 0.1) is 10.6 Å². The van der Waals surface area contributed by atoms with Crippen LogP contribution in [-0.4, -0.2) is 58.3 Å². The van der Waals surface area contributed by atoms with E-state index in [0.29, 0.717) is 47.3 Å². The van der Waals surface area contributed by atoms with Crippen molar-refractivity contribution in [3.05, 3.63) is 24.3 Å². The van der Waals surface area contributed by atoms with E-state index in [9.17, 15) is 13.2 Å². The molecule has 0 spiro atoms. The Morgan fingerprint density at radius 1 is 1.00 bits per heavy atom. The second kappa shape index (κ2) is 11.7. The van der Waals surface area contributed by atoms with Crippen molar-refractivity contribution < 1.29 is 13.2 Å². The summed E-state index contributed by atoms with van der Waals surface area (Å²) in [4.78, 5) is 12.7. The van der Waals surface area contributed by atoms with Crippen molar-refractivity contribution in [1.29, 1.82) is 0 Å². The molecule has 186 valence electrons. The van der Waals surface area contributed by atoms with E-state index in [1.54, 1.807) is 28.6 Å². The molecule has 4 rings (SSSR count). The van der Waals surface area contributed by atoms with E-state index < -0.39 is 10.0 Å². The van der Waals surface area contributed by atoms with Crippen LogP contribution in [0.2, 0.25) is 0 Å². The first kappa shape index (κ1) is 25.2. The van der Waals surface area contributed by atoms with Gasteiger partial charge in [0.2, 0.25) is 15.9 Å². The van der Waals surface area contributed by atoms with Gasteiger partial charge < -0.3 is 9.88 Å². The molecule has 1 aliphatic carbocycles. The molecular weight excluding hydrogens is 470 g/mol. The number of sulfonamides is 1. The SMILES string of the molecule is CCn1c(SCC(=O)NC2CCCCC2)nnc1-c1ccc(S(=O)(=O)N2CCCCCC2)cc1. The zero-order chi connectivity index (χ0) is 24.0. The first-order chi connectivity index (χ1) is 16.5. The van der Waals surface area contributed by atoms with Gasteiger partial charge in [-0.15, -0.1) is 10.2 Å². The highest BCUT2D eigenvalue weighted by molar-refractivity contribution is 7.99. The summed E-state index contributed by atoms with van der Waals surface area (Å²) >= 11 is 1.39. The quantitative estimate of drug-likeness (QED) is 0.543. The molecule has 0 atom stereocenters. The molecule has 1 aliphatic heterocycles. The Labute approximate surface area is 206 Å². The molecule has 1 saturated heterocycles. The molecule has 1 aromatic heterocycles. The number of carbonyl (C=O) groups excluding carboxylic acids is 1. The van der Waals surface area contributed by atoms with Crippen molar-refractivity contribution in [3.8, 4) is 11.4 Å². The molecular formula is C24H35N5O3S2. The molecule has 1 aromatic carbocycles. The second-order valence-corrected chi connectivity index (χ2v) is 12.0. The predicted octanol–water partition coefficient (Wildman–Crippen LogP) is 4.07. The molecule has 2 aromatic rings. The maximum atomic E-state index is 13.1. The predicted molar refractivity (Wildman–Crippen MR) is 134 cm³/mol. The minimum absolute atomic E-state index is 0.0344. The number of benzene rings is 1. The second-order valence-electron chi connectivity index (χ2n) is 9.08. The van der Waals surface area contributed by atoms with Crippen molar-refractivity contribution in [2.45, 2.75) is 87.3 Å². The smallest absolute Gasteiger partial charge is 0.243 e. The van der Waals surface area contributed by atoms with Crippen molar-refractivity contribution >= 4 is 27.7 Å². The lowest BCUT2D eigenvalue weighted by molar-refractivity contribution is -0.119. The summed E-state index contributed by atoms with van der Waals surface area (Å²) < 4.78 is 29.7. The summed E-state index contributed by atoms with van der Waals surface area (Å²) in [6.07, 6.45) is 9.75. The number of amides is 1. The fraction of sp³-hybridized carbons (Fsp3) is 0.625. The van der Waals surface area contributed by atoms with Crippen LogP contribution in [0.25, 0.3) is 11.4 Å². The van der Waals surface area contributed by atoms with Gasteiger partial charge in [-0.3, -0.25) is 4.79 Å². The largest absolute Gasteiger partial charge is 0.353 e. The van der Waals surface area contributed by atoms with Gasteiger partial charge in [-0.1, -0.05) is 43.9 Å². The van der Waals surface area contributed by atoms with Crippen molar-refractivity contribution in [2.24, 2.45) is 0 Å². The van der Waals surface area contributed by atoms with Crippen LogP contribution in [0.5, 0.6) is 0 Å². The summed E-state index contributed by atoms with van der Waals surface area (Å²) in [5.41, 5.74) is 0.808. The van der Waals surface area contributed by atoms with Crippen LogP contribution in [0.3, 0.4) is 0 Å². The highest BCUT2D eigenvalue weighted by atomic mass is 32.2. The van der Waals surface area contributed by atoms with Crippen LogP contribution >= 0.6 is 11.8 Å². The molecule has 0 unspecified atom stereocenters. The third kappa shape index (κ3) is 6.01. The lowest BCUT2D eigenvalue weighted by atomic mass is 9.95. The van der Waals surface area contributed by atoms with Gasteiger partial charge in [0.15, 0.2) is 11.0 Å². The zero-order valence-electron chi connectivity index (χ0n) is 19.9. The van der Waals surface area contributed by atoms with Crippen LogP contribution in [0, 0.1) is 0 Å². The summed E-state index contributed by atoms with van der Waals surface area (Å²) in [5.74, 6) is 1.02. The zero-order valence-corrected chi connectivity index (χ0v) is 21.5. The normalized spacial score (nSPS) is 18.5. The summed E-state index contributed by atoms with van der Waals surface area (Å²) in [7, 11) is -3.48. The minimum Gasteiger partial charge on any atom is -0.353 e. The highest BCUT2D eigenvalue weighted by Gasteiger charge is 2.25. The summed E-state index contributed by atoms with van der Waals surface area (Å²) in [6.45, 7) is 3.84. The number of hydrogen-bond donors (Lipinski definition) is 1. The van der Waals surface area contributed by atoms with Crippen molar-refractivity contribution in [2.75, 3.05) is 18.8 Å². The fourth-order valence-electron chi connectivity index (χ4n) is 4.75. The number of nitrogens with one attached hydrogen (secondary N) is 1. The average molecular weight is 506 g/mol. The molecule has 2 fully saturated rings. The molecule has 1 N–H and O–H groups in total. The van der Waals surface area contributed by atoms with Crippen LogP contribution in [0.4, 0.5) is 0 Å². The van der Waals surface area contributed by atoms with Gasteiger partial charge >= 0.3 is 0 Å². The van der Waals surface area contributed by atoms with Gasteiger partial charge in [-0.2, -0.15) is 4.31 Å². The van der Waals surface area contributed by atoms with E-state index in [-0.39, 0.29) is 5.91 Å². The Morgan fingerprint density at radius 2 is 1.65 bits per heavy atom. The topological polar surface area (TPSA) is 97.2 Å². The fourth-order valence-corrected chi connectivity index (χ4v) is 7.08. The molecule has 2 aliphatic rings. The number of nitrogens with zero attached hydrogens (tertiary/aromatic N) is 4.